The van der Waals surface area contributed by atoms with Gasteiger partial charge >= 0.3 is 0 Å². The molecule has 4 atom stereocenters. The van der Waals surface area contributed by atoms with Gasteiger partial charge in [-0.05, 0) is 13.8 Å². The summed E-state index contributed by atoms with van der Waals surface area (Å²) in [5, 5.41) is 36.6. The Labute approximate surface area is 88.1 Å². The van der Waals surface area contributed by atoms with Crippen LogP contribution in [-0.4, -0.2) is 63.8 Å². The van der Waals surface area contributed by atoms with Gasteiger partial charge in [0.2, 0.25) is 0 Å². The van der Waals surface area contributed by atoms with E-state index < -0.39 is 36.8 Å². The third-order valence-corrected chi connectivity index (χ3v) is 2.32. The van der Waals surface area contributed by atoms with E-state index in [1.54, 1.807) is 13.8 Å². The molecule has 0 aromatic rings. The number of hydrogen-bond acceptors (Lipinski definition) is 6. The first-order valence-corrected chi connectivity index (χ1v) is 4.85. The van der Waals surface area contributed by atoms with E-state index in [9.17, 15) is 10.2 Å². The lowest BCUT2D eigenvalue weighted by Gasteiger charge is -2.24. The molecule has 0 spiro atoms. The Kier molecular flexibility index (Phi) is 4.05. The molecule has 1 saturated heterocycles. The van der Waals surface area contributed by atoms with Crippen LogP contribution in [0.3, 0.4) is 0 Å². The van der Waals surface area contributed by atoms with Gasteiger partial charge in [-0.15, -0.1) is 0 Å². The summed E-state index contributed by atoms with van der Waals surface area (Å²) in [4.78, 5) is 0. The number of aliphatic hydroxyl groups excluding tert-OH is 4. The van der Waals surface area contributed by atoms with Crippen LogP contribution in [-0.2, 0) is 9.47 Å². The van der Waals surface area contributed by atoms with Crippen molar-refractivity contribution in [2.24, 2.45) is 0 Å². The van der Waals surface area contributed by atoms with Crippen LogP contribution in [0.25, 0.3) is 0 Å². The van der Waals surface area contributed by atoms with Crippen molar-refractivity contribution in [3.05, 3.63) is 0 Å². The number of ether oxygens (including phenoxy) is 2. The van der Waals surface area contributed by atoms with E-state index in [1.807, 2.05) is 0 Å². The molecule has 4 N–H and O–H groups in total. The van der Waals surface area contributed by atoms with Crippen LogP contribution in [0.5, 0.6) is 0 Å². The highest BCUT2D eigenvalue weighted by Gasteiger charge is 2.46. The Bertz CT molecular complexity index is 207. The molecule has 1 aliphatic rings. The predicted octanol–water partition coefficient (Wildman–Crippen LogP) is -1.79. The molecule has 0 aromatic heterocycles. The topological polar surface area (TPSA) is 99.4 Å². The van der Waals surface area contributed by atoms with Gasteiger partial charge in [-0.3, -0.25) is 0 Å². The fraction of sp³-hybridized carbons (Fsp3) is 1.00. The number of hydrogen-bond donors (Lipinski definition) is 4. The maximum absolute atomic E-state index is 9.63. The second kappa shape index (κ2) is 4.73. The zero-order valence-electron chi connectivity index (χ0n) is 8.83. The summed E-state index contributed by atoms with van der Waals surface area (Å²) in [6.45, 7) is 2.41. The van der Waals surface area contributed by atoms with Gasteiger partial charge in [0.25, 0.3) is 0 Å². The number of rotatable bonds is 4. The van der Waals surface area contributed by atoms with Crippen molar-refractivity contribution in [2.75, 3.05) is 13.2 Å². The molecule has 0 bridgehead atoms. The van der Waals surface area contributed by atoms with Crippen molar-refractivity contribution < 1.29 is 29.9 Å². The highest BCUT2D eigenvalue weighted by molar-refractivity contribution is 4.89. The molecular formula is C9H18O6. The maximum atomic E-state index is 9.63. The first kappa shape index (κ1) is 12.8. The summed E-state index contributed by atoms with van der Waals surface area (Å²) in [7, 11) is 0. The van der Waals surface area contributed by atoms with Gasteiger partial charge in [-0.25, -0.2) is 0 Å². The molecule has 1 heterocycles. The Morgan fingerprint density at radius 2 is 1.80 bits per heavy atom. The maximum Gasteiger partial charge on any atom is 0.164 e. The van der Waals surface area contributed by atoms with Gasteiger partial charge in [0, 0.05) is 0 Å². The minimum Gasteiger partial charge on any atom is -0.394 e. The molecule has 1 rings (SSSR count). The molecule has 90 valence electrons. The van der Waals surface area contributed by atoms with Crippen molar-refractivity contribution in [3.63, 3.8) is 0 Å². The molecule has 0 amide bonds. The largest absolute Gasteiger partial charge is 0.394 e. The number of aliphatic hydroxyl groups is 4. The highest BCUT2D eigenvalue weighted by atomic mass is 16.8. The van der Waals surface area contributed by atoms with Crippen molar-refractivity contribution in [1.82, 2.24) is 0 Å². The average molecular weight is 222 g/mol. The highest BCUT2D eigenvalue weighted by Crippen LogP contribution is 2.30. The Morgan fingerprint density at radius 3 is 2.27 bits per heavy atom. The molecule has 0 aromatic carbocycles. The smallest absolute Gasteiger partial charge is 0.164 e. The minimum absolute atomic E-state index is 0.316. The zero-order valence-corrected chi connectivity index (χ0v) is 8.83. The van der Waals surface area contributed by atoms with E-state index in [2.05, 4.69) is 0 Å². The molecule has 1 aliphatic heterocycles. The molecular weight excluding hydrogens is 204 g/mol. The quantitative estimate of drug-likeness (QED) is 0.448. The lowest BCUT2D eigenvalue weighted by Crippen LogP contribution is -2.45. The molecule has 4 unspecified atom stereocenters. The van der Waals surface area contributed by atoms with E-state index in [0.717, 1.165) is 0 Å². The lowest BCUT2D eigenvalue weighted by molar-refractivity contribution is -0.165. The first-order chi connectivity index (χ1) is 6.91. The van der Waals surface area contributed by atoms with Crippen molar-refractivity contribution in [3.8, 4) is 0 Å². The molecule has 0 saturated carbocycles. The molecule has 6 nitrogen and oxygen atoms in total. The Hall–Kier alpha value is -0.240. The lowest BCUT2D eigenvalue weighted by atomic mass is 10.0. The first-order valence-electron chi connectivity index (χ1n) is 4.85. The van der Waals surface area contributed by atoms with Crippen LogP contribution < -0.4 is 0 Å². The monoisotopic (exact) mass is 222 g/mol. The fourth-order valence-electron chi connectivity index (χ4n) is 1.62. The van der Waals surface area contributed by atoms with Gasteiger partial charge in [0.1, 0.15) is 24.4 Å². The Balaban J connectivity index is 2.68. The second-order valence-corrected chi connectivity index (χ2v) is 4.06. The van der Waals surface area contributed by atoms with Gasteiger partial charge in [0.15, 0.2) is 5.79 Å². The standard InChI is InChI=1S/C9H18O6/c1-9(2)14-6(4-11)8(15-9)7(13)5(12)3-10/h5-8,10-13H,3-4H2,1-2H3. The van der Waals surface area contributed by atoms with Gasteiger partial charge in [-0.1, -0.05) is 0 Å². The van der Waals surface area contributed by atoms with Crippen LogP contribution in [0.2, 0.25) is 0 Å². The summed E-state index contributed by atoms with van der Waals surface area (Å²) < 4.78 is 10.6. The molecule has 6 heteroatoms. The Morgan fingerprint density at radius 1 is 1.20 bits per heavy atom. The van der Waals surface area contributed by atoms with Crippen molar-refractivity contribution >= 4 is 0 Å². The predicted molar refractivity (Wildman–Crippen MR) is 50.0 cm³/mol. The minimum atomic E-state index is -1.30. The fourth-order valence-corrected chi connectivity index (χ4v) is 1.62. The third kappa shape index (κ3) is 2.87. The summed E-state index contributed by atoms with van der Waals surface area (Å²) in [6.07, 6.45) is -4.13. The summed E-state index contributed by atoms with van der Waals surface area (Å²) in [5.41, 5.74) is 0. The summed E-state index contributed by atoms with van der Waals surface area (Å²) >= 11 is 0. The summed E-state index contributed by atoms with van der Waals surface area (Å²) in [5.74, 6) is -0.909. The van der Waals surface area contributed by atoms with Crippen LogP contribution in [0.4, 0.5) is 0 Å². The van der Waals surface area contributed by atoms with Gasteiger partial charge in [-0.2, -0.15) is 0 Å². The van der Waals surface area contributed by atoms with Crippen molar-refractivity contribution in [2.45, 2.75) is 44.1 Å². The van der Waals surface area contributed by atoms with E-state index in [0.29, 0.717) is 0 Å². The zero-order chi connectivity index (χ0) is 11.6. The molecule has 0 aliphatic carbocycles. The van der Waals surface area contributed by atoms with Crippen LogP contribution >= 0.6 is 0 Å². The van der Waals surface area contributed by atoms with Gasteiger partial charge in [0.05, 0.1) is 13.2 Å². The van der Waals surface area contributed by atoms with E-state index in [-0.39, 0.29) is 6.61 Å². The SMILES string of the molecule is CC1(C)OC(CO)C(C(O)C(O)CO)O1. The van der Waals surface area contributed by atoms with Crippen LogP contribution in [0.15, 0.2) is 0 Å². The van der Waals surface area contributed by atoms with E-state index >= 15 is 0 Å². The third-order valence-electron chi connectivity index (χ3n) is 2.32. The van der Waals surface area contributed by atoms with Crippen molar-refractivity contribution in [1.29, 1.82) is 0 Å². The van der Waals surface area contributed by atoms with Crippen LogP contribution in [0, 0.1) is 0 Å². The van der Waals surface area contributed by atoms with Crippen LogP contribution in [0.1, 0.15) is 13.8 Å². The van der Waals surface area contributed by atoms with E-state index in [4.69, 9.17) is 19.7 Å². The average Bonchev–Trinajstić information content (AvgIpc) is 2.51. The second-order valence-electron chi connectivity index (χ2n) is 4.06. The summed E-state index contributed by atoms with van der Waals surface area (Å²) in [6, 6.07) is 0. The molecule has 15 heavy (non-hydrogen) atoms. The van der Waals surface area contributed by atoms with E-state index in [1.165, 1.54) is 0 Å². The van der Waals surface area contributed by atoms with Gasteiger partial charge < -0.3 is 29.9 Å². The molecule has 1 fully saturated rings. The molecule has 0 radical (unpaired) electrons. The normalized spacial score (nSPS) is 34.0.